The first-order valence-electron chi connectivity index (χ1n) is 11.2. The predicted molar refractivity (Wildman–Crippen MR) is 132 cm³/mol. The van der Waals surface area contributed by atoms with Crippen molar-refractivity contribution in [1.82, 2.24) is 4.98 Å². The van der Waals surface area contributed by atoms with Gasteiger partial charge in [0.25, 0.3) is 0 Å². The Kier molecular flexibility index (Phi) is 4.81. The Bertz CT molecular complexity index is 1470. The third kappa shape index (κ3) is 3.46. The molecule has 2 nitrogen and oxygen atoms in total. The van der Waals surface area contributed by atoms with E-state index in [1.807, 2.05) is 30.5 Å². The summed E-state index contributed by atoms with van der Waals surface area (Å²) in [5, 5.41) is 3.65. The van der Waals surface area contributed by atoms with Gasteiger partial charge in [0.2, 0.25) is 0 Å². The summed E-state index contributed by atoms with van der Waals surface area (Å²) in [6.07, 6.45) is 2.60. The molecule has 0 fully saturated rings. The highest BCUT2D eigenvalue weighted by Gasteiger charge is 2.21. The molecule has 0 saturated heterocycles. The zero-order valence-corrected chi connectivity index (χ0v) is 19.3. The zero-order valence-electron chi connectivity index (χ0n) is 19.3. The first-order chi connectivity index (χ1) is 15.2. The maximum Gasteiger partial charge on any atom is 0.144 e. The SMILES string of the molecule is CC(C)c1cc(-c2ncc(CC(C)(C)C)c3c(F)cccc23)c2oc3ccccc3c2c1. The number of hydrogen-bond acceptors (Lipinski definition) is 2. The predicted octanol–water partition coefficient (Wildman–Crippen LogP) is 8.65. The minimum atomic E-state index is -0.203. The number of furan rings is 1. The fraction of sp³-hybridized carbons (Fsp3) is 0.276. The van der Waals surface area contributed by atoms with E-state index in [9.17, 15) is 0 Å². The lowest BCUT2D eigenvalue weighted by atomic mass is 9.86. The smallest absolute Gasteiger partial charge is 0.144 e. The number of nitrogens with zero attached hydrogens (tertiary/aromatic N) is 1. The van der Waals surface area contributed by atoms with Crippen LogP contribution < -0.4 is 0 Å². The van der Waals surface area contributed by atoms with E-state index in [1.165, 1.54) is 5.56 Å². The largest absolute Gasteiger partial charge is 0.455 e. The van der Waals surface area contributed by atoms with E-state index in [0.29, 0.717) is 11.3 Å². The van der Waals surface area contributed by atoms with Crippen LogP contribution in [0.3, 0.4) is 0 Å². The molecule has 32 heavy (non-hydrogen) atoms. The van der Waals surface area contributed by atoms with E-state index in [4.69, 9.17) is 9.40 Å². The van der Waals surface area contributed by atoms with Crippen LogP contribution in [0.4, 0.5) is 4.39 Å². The Hall–Kier alpha value is -3.20. The molecule has 3 aromatic carbocycles. The van der Waals surface area contributed by atoms with Gasteiger partial charge in [0.05, 0.1) is 5.69 Å². The second kappa shape index (κ2) is 7.44. The van der Waals surface area contributed by atoms with Crippen molar-refractivity contribution < 1.29 is 8.81 Å². The molecule has 0 aliphatic rings. The van der Waals surface area contributed by atoms with Crippen LogP contribution in [-0.4, -0.2) is 4.98 Å². The Morgan fingerprint density at radius 3 is 2.44 bits per heavy atom. The van der Waals surface area contributed by atoms with Gasteiger partial charge in [-0.1, -0.05) is 65.0 Å². The van der Waals surface area contributed by atoms with Gasteiger partial charge in [-0.05, 0) is 53.1 Å². The van der Waals surface area contributed by atoms with E-state index in [-0.39, 0.29) is 11.2 Å². The molecule has 5 rings (SSSR count). The number of pyridine rings is 1. The summed E-state index contributed by atoms with van der Waals surface area (Å²) >= 11 is 0. The molecule has 0 unspecified atom stereocenters. The fourth-order valence-corrected chi connectivity index (χ4v) is 4.60. The van der Waals surface area contributed by atoms with Crippen LogP contribution in [0.1, 0.15) is 51.7 Å². The quantitative estimate of drug-likeness (QED) is 0.289. The minimum Gasteiger partial charge on any atom is -0.455 e. The highest BCUT2D eigenvalue weighted by Crippen LogP contribution is 2.41. The van der Waals surface area contributed by atoms with Crippen LogP contribution in [0, 0.1) is 11.2 Å². The molecule has 0 spiro atoms. The van der Waals surface area contributed by atoms with Crippen LogP contribution in [0.2, 0.25) is 0 Å². The van der Waals surface area contributed by atoms with Gasteiger partial charge in [0.15, 0.2) is 0 Å². The summed E-state index contributed by atoms with van der Waals surface area (Å²) in [6, 6.07) is 17.8. The van der Waals surface area contributed by atoms with Crippen LogP contribution in [0.5, 0.6) is 0 Å². The maximum absolute atomic E-state index is 15.2. The Morgan fingerprint density at radius 2 is 1.69 bits per heavy atom. The molecule has 0 atom stereocenters. The average molecular weight is 426 g/mol. The minimum absolute atomic E-state index is 0.0297. The van der Waals surface area contributed by atoms with Crippen molar-refractivity contribution >= 4 is 32.7 Å². The van der Waals surface area contributed by atoms with Gasteiger partial charge in [-0.25, -0.2) is 4.39 Å². The fourth-order valence-electron chi connectivity index (χ4n) is 4.60. The third-order valence-corrected chi connectivity index (χ3v) is 6.08. The molecule has 0 radical (unpaired) electrons. The van der Waals surface area contributed by atoms with Crippen molar-refractivity contribution in [2.45, 2.75) is 47.0 Å². The standard InChI is InChI=1S/C29H28FNO/c1-17(2)18-13-22-20-9-6-7-12-25(20)32-28(22)23(14-18)27-21-10-8-11-24(30)26(21)19(16-31-27)15-29(3,4)5/h6-14,16-17H,15H2,1-5H3. The van der Waals surface area contributed by atoms with Crippen LogP contribution in [0.15, 0.2) is 65.2 Å². The van der Waals surface area contributed by atoms with Crippen LogP contribution in [0.25, 0.3) is 44.0 Å². The van der Waals surface area contributed by atoms with Crippen LogP contribution in [-0.2, 0) is 6.42 Å². The topological polar surface area (TPSA) is 26.0 Å². The molecule has 0 N–H and O–H groups in total. The molecule has 5 aromatic rings. The molecule has 2 heterocycles. The van der Waals surface area contributed by atoms with Gasteiger partial charge < -0.3 is 4.42 Å². The highest BCUT2D eigenvalue weighted by molar-refractivity contribution is 6.12. The van der Waals surface area contributed by atoms with Crippen molar-refractivity contribution in [2.24, 2.45) is 5.41 Å². The molecular formula is C29H28FNO. The second-order valence-electron chi connectivity index (χ2n) is 10.2. The Morgan fingerprint density at radius 1 is 0.938 bits per heavy atom. The Balaban J connectivity index is 1.87. The lowest BCUT2D eigenvalue weighted by molar-refractivity contribution is 0.412. The van der Waals surface area contributed by atoms with Crippen molar-refractivity contribution in [3.63, 3.8) is 0 Å². The molecule has 0 saturated carbocycles. The number of fused-ring (bicyclic) bond motifs is 4. The molecule has 0 aliphatic carbocycles. The summed E-state index contributed by atoms with van der Waals surface area (Å²) in [4.78, 5) is 4.90. The normalized spacial score (nSPS) is 12.5. The summed E-state index contributed by atoms with van der Waals surface area (Å²) in [5.74, 6) is 0.140. The van der Waals surface area contributed by atoms with Crippen molar-refractivity contribution in [2.75, 3.05) is 0 Å². The van der Waals surface area contributed by atoms with Gasteiger partial charge in [0, 0.05) is 33.3 Å². The molecular weight excluding hydrogens is 397 g/mol. The number of benzene rings is 3. The lowest BCUT2D eigenvalue weighted by Crippen LogP contribution is -2.10. The van der Waals surface area contributed by atoms with Crippen molar-refractivity contribution in [1.29, 1.82) is 0 Å². The van der Waals surface area contributed by atoms with E-state index in [0.717, 1.165) is 50.6 Å². The first kappa shape index (κ1) is 20.7. The maximum atomic E-state index is 15.2. The van der Waals surface area contributed by atoms with E-state index in [1.54, 1.807) is 12.1 Å². The zero-order chi connectivity index (χ0) is 22.6. The van der Waals surface area contributed by atoms with E-state index < -0.39 is 0 Å². The monoisotopic (exact) mass is 425 g/mol. The molecule has 0 aliphatic heterocycles. The highest BCUT2D eigenvalue weighted by atomic mass is 19.1. The Labute approximate surface area is 188 Å². The molecule has 2 aromatic heterocycles. The number of rotatable bonds is 3. The molecule has 0 amide bonds. The number of aromatic nitrogens is 1. The van der Waals surface area contributed by atoms with E-state index in [2.05, 4.69) is 52.8 Å². The first-order valence-corrected chi connectivity index (χ1v) is 11.2. The third-order valence-electron chi connectivity index (χ3n) is 6.08. The lowest BCUT2D eigenvalue weighted by Gasteiger charge is -2.20. The number of hydrogen-bond donors (Lipinski definition) is 0. The summed E-state index contributed by atoms with van der Waals surface area (Å²) in [5.41, 5.74) is 5.52. The summed E-state index contributed by atoms with van der Waals surface area (Å²) < 4.78 is 21.5. The number of para-hydroxylation sites is 1. The number of halogens is 1. The van der Waals surface area contributed by atoms with Gasteiger partial charge in [0.1, 0.15) is 17.0 Å². The molecule has 0 bridgehead atoms. The van der Waals surface area contributed by atoms with Crippen molar-refractivity contribution in [3.8, 4) is 11.3 Å². The van der Waals surface area contributed by atoms with Gasteiger partial charge in [-0.2, -0.15) is 0 Å². The molecule has 162 valence electrons. The van der Waals surface area contributed by atoms with E-state index >= 15 is 4.39 Å². The van der Waals surface area contributed by atoms with Gasteiger partial charge in [-0.3, -0.25) is 4.98 Å². The van der Waals surface area contributed by atoms with Crippen LogP contribution >= 0.6 is 0 Å². The van der Waals surface area contributed by atoms with Gasteiger partial charge >= 0.3 is 0 Å². The van der Waals surface area contributed by atoms with Crippen molar-refractivity contribution in [3.05, 3.63) is 77.7 Å². The average Bonchev–Trinajstić information content (AvgIpc) is 3.11. The summed E-state index contributed by atoms with van der Waals surface area (Å²) in [7, 11) is 0. The second-order valence-corrected chi connectivity index (χ2v) is 10.2. The summed E-state index contributed by atoms with van der Waals surface area (Å²) in [6.45, 7) is 10.9. The van der Waals surface area contributed by atoms with Gasteiger partial charge in [-0.15, -0.1) is 0 Å². The molecule has 3 heteroatoms.